The molecule has 0 bridgehead atoms. The normalized spacial score (nSPS) is 10.5. The number of aromatic nitrogens is 3. The van der Waals surface area contributed by atoms with Crippen LogP contribution in [0.5, 0.6) is 5.75 Å². The molecule has 0 spiro atoms. The van der Waals surface area contributed by atoms with Gasteiger partial charge in [0.25, 0.3) is 0 Å². The van der Waals surface area contributed by atoms with Crippen molar-refractivity contribution in [2.75, 3.05) is 5.32 Å². The molecule has 6 heteroatoms. The van der Waals surface area contributed by atoms with Gasteiger partial charge in [-0.2, -0.15) is 10.2 Å². The lowest BCUT2D eigenvalue weighted by Crippen LogP contribution is -1.95. The molecule has 25 heavy (non-hydrogen) atoms. The number of nitrogens with one attached hydrogen (secondary N) is 1. The van der Waals surface area contributed by atoms with Gasteiger partial charge in [0.15, 0.2) is 5.65 Å². The quantitative estimate of drug-likeness (QED) is 0.599. The molecule has 2 N–H and O–H groups in total. The molecule has 0 amide bonds. The maximum atomic E-state index is 10.0. The summed E-state index contributed by atoms with van der Waals surface area (Å²) < 4.78 is 1.64. The molecule has 120 valence electrons. The van der Waals surface area contributed by atoms with Crippen LogP contribution < -0.4 is 5.32 Å². The van der Waals surface area contributed by atoms with Crippen LogP contribution in [-0.4, -0.2) is 19.7 Å². The number of nitriles is 1. The Labute approximate surface area is 143 Å². The number of rotatable bonds is 3. The molecule has 0 saturated heterocycles. The van der Waals surface area contributed by atoms with E-state index in [-0.39, 0.29) is 5.75 Å². The van der Waals surface area contributed by atoms with Gasteiger partial charge in [-0.15, -0.1) is 5.10 Å². The smallest absolute Gasteiger partial charge is 0.247 e. The Balaban J connectivity index is 1.72. The van der Waals surface area contributed by atoms with Crippen LogP contribution in [-0.2, 0) is 0 Å². The number of anilines is 2. The third-order valence-electron chi connectivity index (χ3n) is 3.84. The Morgan fingerprint density at radius 3 is 2.64 bits per heavy atom. The number of hydrogen-bond donors (Lipinski definition) is 2. The van der Waals surface area contributed by atoms with Crippen molar-refractivity contribution >= 4 is 17.3 Å². The lowest BCUT2D eigenvalue weighted by Gasteiger charge is -2.04. The van der Waals surface area contributed by atoms with E-state index in [1.165, 1.54) is 0 Å². The van der Waals surface area contributed by atoms with E-state index in [0.29, 0.717) is 22.8 Å². The van der Waals surface area contributed by atoms with Crippen LogP contribution in [0.3, 0.4) is 0 Å². The van der Waals surface area contributed by atoms with Gasteiger partial charge in [0.1, 0.15) is 11.8 Å². The van der Waals surface area contributed by atoms with Gasteiger partial charge >= 0.3 is 0 Å². The number of para-hydroxylation sites is 2. The fourth-order valence-electron chi connectivity index (χ4n) is 2.62. The summed E-state index contributed by atoms with van der Waals surface area (Å²) in [7, 11) is 0. The predicted molar refractivity (Wildman–Crippen MR) is 94.5 cm³/mol. The Morgan fingerprint density at radius 1 is 1.00 bits per heavy atom. The van der Waals surface area contributed by atoms with E-state index >= 15 is 0 Å². The summed E-state index contributed by atoms with van der Waals surface area (Å²) in [6, 6.07) is 20.2. The molecule has 0 fully saturated rings. The SMILES string of the molecule is N#Cc1ccccc1Nc1nc2ccc(-c3ccccc3O)cn2n1. The second-order valence-electron chi connectivity index (χ2n) is 5.46. The maximum Gasteiger partial charge on any atom is 0.247 e. The van der Waals surface area contributed by atoms with Crippen molar-refractivity contribution in [3.63, 3.8) is 0 Å². The fourth-order valence-corrected chi connectivity index (χ4v) is 2.62. The van der Waals surface area contributed by atoms with Crippen molar-refractivity contribution < 1.29 is 5.11 Å². The van der Waals surface area contributed by atoms with E-state index in [1.54, 1.807) is 41.0 Å². The van der Waals surface area contributed by atoms with E-state index < -0.39 is 0 Å². The van der Waals surface area contributed by atoms with Crippen molar-refractivity contribution in [1.29, 1.82) is 5.26 Å². The molecule has 0 atom stereocenters. The summed E-state index contributed by atoms with van der Waals surface area (Å²) in [5.41, 5.74) is 3.40. The second-order valence-corrected chi connectivity index (χ2v) is 5.46. The maximum absolute atomic E-state index is 10.0. The zero-order valence-corrected chi connectivity index (χ0v) is 13.1. The predicted octanol–water partition coefficient (Wildman–Crippen LogP) is 3.72. The summed E-state index contributed by atoms with van der Waals surface area (Å²) in [6.07, 6.45) is 1.80. The van der Waals surface area contributed by atoms with Gasteiger partial charge in [0.05, 0.1) is 11.3 Å². The number of aromatic hydroxyl groups is 1. The molecule has 6 nitrogen and oxygen atoms in total. The summed E-state index contributed by atoms with van der Waals surface area (Å²) in [4.78, 5) is 4.41. The fraction of sp³-hybridized carbons (Fsp3) is 0. The average Bonchev–Trinajstić information content (AvgIpc) is 3.04. The molecule has 0 unspecified atom stereocenters. The summed E-state index contributed by atoms with van der Waals surface area (Å²) in [5, 5.41) is 26.6. The zero-order valence-electron chi connectivity index (χ0n) is 13.1. The van der Waals surface area contributed by atoms with Crippen LogP contribution in [0.1, 0.15) is 5.56 Å². The second kappa shape index (κ2) is 5.98. The molecule has 0 aliphatic rings. The molecular formula is C19H13N5O. The Hall–Kier alpha value is -3.85. The Kier molecular flexibility index (Phi) is 3.52. The molecule has 0 aliphatic carbocycles. The van der Waals surface area contributed by atoms with Crippen molar-refractivity contribution in [2.24, 2.45) is 0 Å². The van der Waals surface area contributed by atoms with Gasteiger partial charge in [-0.3, -0.25) is 0 Å². The van der Waals surface area contributed by atoms with Gasteiger partial charge in [0.2, 0.25) is 5.95 Å². The minimum atomic E-state index is 0.211. The number of pyridine rings is 1. The van der Waals surface area contributed by atoms with Crippen LogP contribution in [0.2, 0.25) is 0 Å². The Bertz CT molecular complexity index is 1110. The molecule has 2 aromatic heterocycles. The standard InChI is InChI=1S/C19H13N5O/c20-11-13-5-1-3-7-16(13)21-19-22-18-10-9-14(12-24(18)23-19)15-6-2-4-8-17(15)25/h1-10,12,25H,(H,21,23). The lowest BCUT2D eigenvalue weighted by atomic mass is 10.1. The molecule has 4 aromatic rings. The van der Waals surface area contributed by atoms with E-state index in [2.05, 4.69) is 21.5 Å². The van der Waals surface area contributed by atoms with Crippen LogP contribution in [0.15, 0.2) is 66.9 Å². The molecule has 2 heterocycles. The van der Waals surface area contributed by atoms with Crippen LogP contribution in [0.25, 0.3) is 16.8 Å². The highest BCUT2D eigenvalue weighted by molar-refractivity contribution is 5.71. The van der Waals surface area contributed by atoms with Gasteiger partial charge in [-0.1, -0.05) is 30.3 Å². The van der Waals surface area contributed by atoms with E-state index in [9.17, 15) is 5.11 Å². The highest BCUT2D eigenvalue weighted by Gasteiger charge is 2.09. The van der Waals surface area contributed by atoms with Gasteiger partial charge in [0, 0.05) is 17.3 Å². The first kappa shape index (κ1) is 14.7. The van der Waals surface area contributed by atoms with Crippen molar-refractivity contribution in [3.8, 4) is 22.9 Å². The first-order valence-electron chi connectivity index (χ1n) is 7.65. The van der Waals surface area contributed by atoms with Crippen molar-refractivity contribution in [2.45, 2.75) is 0 Å². The highest BCUT2D eigenvalue weighted by atomic mass is 16.3. The molecular weight excluding hydrogens is 314 g/mol. The molecule has 2 aromatic carbocycles. The third-order valence-corrected chi connectivity index (χ3v) is 3.84. The first-order valence-corrected chi connectivity index (χ1v) is 7.65. The molecule has 4 rings (SSSR count). The number of phenolic OH excluding ortho intramolecular Hbond substituents is 1. The summed E-state index contributed by atoms with van der Waals surface area (Å²) in [5.74, 6) is 0.611. The lowest BCUT2D eigenvalue weighted by molar-refractivity contribution is 0.477. The molecule has 0 radical (unpaired) electrons. The van der Waals surface area contributed by atoms with Gasteiger partial charge < -0.3 is 10.4 Å². The third kappa shape index (κ3) is 2.75. The average molecular weight is 327 g/mol. The largest absolute Gasteiger partial charge is 0.507 e. The van der Waals surface area contributed by atoms with Gasteiger partial charge in [-0.05, 0) is 30.3 Å². The van der Waals surface area contributed by atoms with Crippen molar-refractivity contribution in [3.05, 3.63) is 72.4 Å². The highest BCUT2D eigenvalue weighted by Crippen LogP contribution is 2.28. The van der Waals surface area contributed by atoms with Crippen LogP contribution >= 0.6 is 0 Å². The summed E-state index contributed by atoms with van der Waals surface area (Å²) >= 11 is 0. The number of fused-ring (bicyclic) bond motifs is 1. The Morgan fingerprint density at radius 2 is 1.80 bits per heavy atom. The van der Waals surface area contributed by atoms with E-state index in [1.807, 2.05) is 30.3 Å². The summed E-state index contributed by atoms with van der Waals surface area (Å²) in [6.45, 7) is 0. The van der Waals surface area contributed by atoms with Crippen LogP contribution in [0, 0.1) is 11.3 Å². The first-order chi connectivity index (χ1) is 12.2. The number of benzene rings is 2. The minimum Gasteiger partial charge on any atom is -0.507 e. The molecule has 0 aliphatic heterocycles. The molecule has 0 saturated carbocycles. The van der Waals surface area contributed by atoms with Crippen LogP contribution in [0.4, 0.5) is 11.6 Å². The number of hydrogen-bond acceptors (Lipinski definition) is 5. The topological polar surface area (TPSA) is 86.2 Å². The zero-order chi connectivity index (χ0) is 17.2. The number of phenols is 1. The monoisotopic (exact) mass is 327 g/mol. The van der Waals surface area contributed by atoms with E-state index in [0.717, 1.165) is 11.1 Å². The number of nitrogens with zero attached hydrogens (tertiary/aromatic N) is 4. The van der Waals surface area contributed by atoms with Crippen molar-refractivity contribution in [1.82, 2.24) is 14.6 Å². The van der Waals surface area contributed by atoms with E-state index in [4.69, 9.17) is 5.26 Å². The van der Waals surface area contributed by atoms with Gasteiger partial charge in [-0.25, -0.2) is 4.52 Å². The minimum absolute atomic E-state index is 0.211.